The van der Waals surface area contributed by atoms with E-state index in [1.807, 2.05) is 69.3 Å². The summed E-state index contributed by atoms with van der Waals surface area (Å²) in [5, 5.41) is 7.92. The molecule has 246 valence electrons. The van der Waals surface area contributed by atoms with Crippen LogP contribution in [0.25, 0.3) is 10.8 Å². The number of nitrogens with one attached hydrogen (secondary N) is 2. The smallest absolute Gasteiger partial charge is 0.311 e. The fourth-order valence-electron chi connectivity index (χ4n) is 6.09. The van der Waals surface area contributed by atoms with Gasteiger partial charge in [0.15, 0.2) is 11.5 Å². The number of likely N-dealkylation sites (tertiary alicyclic amines) is 1. The molecule has 47 heavy (non-hydrogen) atoms. The number of amides is 2. The van der Waals surface area contributed by atoms with Crippen LogP contribution in [-0.4, -0.2) is 54.0 Å². The monoisotopic (exact) mass is 639 g/mol. The molecule has 1 aliphatic heterocycles. The van der Waals surface area contributed by atoms with Crippen LogP contribution in [-0.2, 0) is 19.1 Å². The SMILES string of the molecule is CCOc1cc(C(Nc2ccc3c(N)nccc3c2)C(=O)N2CCC(C(=O)OC)C2c2cccc(NC(C)=O)c2)ccc1OC(C)C. The standard InChI is InChI=1S/C36H41N5O6/c1-6-46-31-20-24(10-13-30(31)47-21(2)3)32(40-27-11-12-28-23(18-27)14-16-38-34(28)37)35(43)41-17-15-29(36(44)45-5)33(41)25-8-7-9-26(19-25)39-22(4)42/h7-14,16,18-21,29,32-33,40H,6,15,17H2,1-5H3,(H2,37,38)(H,39,42). The van der Waals surface area contributed by atoms with Crippen LogP contribution in [0.5, 0.6) is 11.5 Å². The summed E-state index contributed by atoms with van der Waals surface area (Å²) in [7, 11) is 1.35. The number of esters is 1. The maximum absolute atomic E-state index is 14.8. The highest BCUT2D eigenvalue weighted by atomic mass is 16.5. The van der Waals surface area contributed by atoms with Crippen LogP contribution in [0.15, 0.2) is 72.9 Å². The van der Waals surface area contributed by atoms with Gasteiger partial charge in [-0.2, -0.15) is 0 Å². The third kappa shape index (κ3) is 7.40. The fourth-order valence-corrected chi connectivity index (χ4v) is 6.09. The number of methoxy groups -OCH3 is 1. The van der Waals surface area contributed by atoms with Crippen molar-refractivity contribution in [3.05, 3.63) is 84.1 Å². The fraction of sp³-hybridized carbons (Fsp3) is 0.333. The average molecular weight is 640 g/mol. The Hall–Kier alpha value is -5.32. The number of carbonyl (C=O) groups excluding carboxylic acids is 3. The Kier molecular flexibility index (Phi) is 10.1. The lowest BCUT2D eigenvalue weighted by Gasteiger charge is -2.32. The molecule has 3 unspecified atom stereocenters. The van der Waals surface area contributed by atoms with E-state index in [2.05, 4.69) is 15.6 Å². The second-order valence-electron chi connectivity index (χ2n) is 11.7. The number of aromatic nitrogens is 1. The van der Waals surface area contributed by atoms with E-state index in [0.29, 0.717) is 59.4 Å². The molecule has 1 aliphatic rings. The van der Waals surface area contributed by atoms with Gasteiger partial charge >= 0.3 is 5.97 Å². The van der Waals surface area contributed by atoms with Crippen LogP contribution < -0.4 is 25.8 Å². The van der Waals surface area contributed by atoms with Crippen molar-refractivity contribution in [1.82, 2.24) is 9.88 Å². The predicted molar refractivity (Wildman–Crippen MR) is 181 cm³/mol. The van der Waals surface area contributed by atoms with Gasteiger partial charge in [0.25, 0.3) is 0 Å². The number of benzene rings is 3. The summed E-state index contributed by atoms with van der Waals surface area (Å²) >= 11 is 0. The van der Waals surface area contributed by atoms with Crippen LogP contribution in [0.2, 0.25) is 0 Å². The maximum Gasteiger partial charge on any atom is 0.311 e. The van der Waals surface area contributed by atoms with Crippen LogP contribution >= 0.6 is 0 Å². The third-order valence-corrected chi connectivity index (χ3v) is 8.05. The van der Waals surface area contributed by atoms with Gasteiger partial charge in [0.2, 0.25) is 11.8 Å². The molecule has 11 heteroatoms. The van der Waals surface area contributed by atoms with Gasteiger partial charge in [-0.25, -0.2) is 4.98 Å². The maximum atomic E-state index is 14.8. The van der Waals surface area contributed by atoms with E-state index in [1.165, 1.54) is 14.0 Å². The summed E-state index contributed by atoms with van der Waals surface area (Å²) in [6.45, 7) is 7.91. The molecular formula is C36H41N5O6. The van der Waals surface area contributed by atoms with E-state index in [4.69, 9.17) is 19.9 Å². The Morgan fingerprint density at radius 1 is 1.02 bits per heavy atom. The Morgan fingerprint density at radius 3 is 2.55 bits per heavy atom. The van der Waals surface area contributed by atoms with Crippen LogP contribution in [0.3, 0.4) is 0 Å². The second-order valence-corrected chi connectivity index (χ2v) is 11.7. The molecule has 2 heterocycles. The molecule has 4 N–H and O–H groups in total. The predicted octanol–water partition coefficient (Wildman–Crippen LogP) is 5.88. The minimum atomic E-state index is -0.878. The van der Waals surface area contributed by atoms with Crippen molar-refractivity contribution < 1.29 is 28.6 Å². The average Bonchev–Trinajstić information content (AvgIpc) is 3.49. The van der Waals surface area contributed by atoms with E-state index in [-0.39, 0.29) is 17.9 Å². The number of pyridine rings is 1. The summed E-state index contributed by atoms with van der Waals surface area (Å²) in [5.74, 6) is 0.0236. The molecule has 0 radical (unpaired) electrons. The largest absolute Gasteiger partial charge is 0.490 e. The van der Waals surface area contributed by atoms with E-state index >= 15 is 0 Å². The zero-order chi connectivity index (χ0) is 33.7. The number of carbonyl (C=O) groups is 3. The number of hydrogen-bond donors (Lipinski definition) is 3. The number of ether oxygens (including phenoxy) is 3. The Bertz CT molecular complexity index is 1780. The van der Waals surface area contributed by atoms with Gasteiger partial charge in [0, 0.05) is 36.4 Å². The van der Waals surface area contributed by atoms with Crippen molar-refractivity contribution in [2.75, 3.05) is 36.6 Å². The highest BCUT2D eigenvalue weighted by Crippen LogP contribution is 2.42. The zero-order valence-electron chi connectivity index (χ0n) is 27.3. The molecule has 0 aliphatic carbocycles. The molecular weight excluding hydrogens is 598 g/mol. The van der Waals surface area contributed by atoms with Gasteiger partial charge in [-0.15, -0.1) is 0 Å². The van der Waals surface area contributed by atoms with Gasteiger partial charge in [0.05, 0.1) is 31.8 Å². The number of nitrogen functional groups attached to an aromatic ring is 1. The van der Waals surface area contributed by atoms with Crippen LogP contribution in [0.1, 0.15) is 57.3 Å². The van der Waals surface area contributed by atoms with Gasteiger partial charge in [-0.3, -0.25) is 14.4 Å². The number of anilines is 3. The molecule has 0 bridgehead atoms. The van der Waals surface area contributed by atoms with E-state index < -0.39 is 24.0 Å². The van der Waals surface area contributed by atoms with Gasteiger partial charge in [0.1, 0.15) is 11.9 Å². The Morgan fingerprint density at radius 2 is 1.83 bits per heavy atom. The lowest BCUT2D eigenvalue weighted by Crippen LogP contribution is -2.39. The minimum Gasteiger partial charge on any atom is -0.490 e. The van der Waals surface area contributed by atoms with Gasteiger partial charge < -0.3 is 35.5 Å². The first-order chi connectivity index (χ1) is 22.6. The molecule has 4 aromatic rings. The number of rotatable bonds is 11. The Labute approximate surface area is 274 Å². The number of nitrogens with two attached hydrogens (primary N) is 1. The quantitative estimate of drug-likeness (QED) is 0.171. The molecule has 5 rings (SSSR count). The van der Waals surface area contributed by atoms with Crippen molar-refractivity contribution >= 4 is 45.7 Å². The summed E-state index contributed by atoms with van der Waals surface area (Å²) in [5.41, 5.74) is 8.72. The van der Waals surface area contributed by atoms with Crippen molar-refractivity contribution in [1.29, 1.82) is 0 Å². The van der Waals surface area contributed by atoms with Gasteiger partial charge in [-0.05, 0) is 92.2 Å². The third-order valence-electron chi connectivity index (χ3n) is 8.05. The zero-order valence-corrected chi connectivity index (χ0v) is 27.3. The van der Waals surface area contributed by atoms with Crippen molar-refractivity contribution in [2.24, 2.45) is 5.92 Å². The number of nitrogens with zero attached hydrogens (tertiary/aromatic N) is 2. The molecule has 0 spiro atoms. The first kappa shape index (κ1) is 33.1. The van der Waals surface area contributed by atoms with E-state index in [9.17, 15) is 14.4 Å². The minimum absolute atomic E-state index is 0.0796. The Balaban J connectivity index is 1.60. The number of hydrogen-bond acceptors (Lipinski definition) is 9. The summed E-state index contributed by atoms with van der Waals surface area (Å²) in [4.78, 5) is 45.6. The molecule has 1 saturated heterocycles. The molecule has 3 aromatic carbocycles. The first-order valence-electron chi connectivity index (χ1n) is 15.7. The topological polar surface area (TPSA) is 145 Å². The molecule has 2 amide bonds. The normalized spacial score (nSPS) is 16.5. The molecule has 1 fully saturated rings. The lowest BCUT2D eigenvalue weighted by atomic mass is 9.92. The van der Waals surface area contributed by atoms with Crippen molar-refractivity contribution in [2.45, 2.75) is 52.3 Å². The lowest BCUT2D eigenvalue weighted by molar-refractivity contribution is -0.147. The van der Waals surface area contributed by atoms with Gasteiger partial charge in [-0.1, -0.05) is 18.2 Å². The summed E-state index contributed by atoms with van der Waals surface area (Å²) < 4.78 is 17.1. The van der Waals surface area contributed by atoms with Crippen molar-refractivity contribution in [3.63, 3.8) is 0 Å². The van der Waals surface area contributed by atoms with Crippen LogP contribution in [0, 0.1) is 5.92 Å². The van der Waals surface area contributed by atoms with Crippen molar-refractivity contribution in [3.8, 4) is 11.5 Å². The summed E-state index contributed by atoms with van der Waals surface area (Å²) in [6.07, 6.45) is 1.97. The first-order valence-corrected chi connectivity index (χ1v) is 15.7. The van der Waals surface area contributed by atoms with Crippen LogP contribution in [0.4, 0.5) is 17.2 Å². The molecule has 0 saturated carbocycles. The number of fused-ring (bicyclic) bond motifs is 1. The second kappa shape index (κ2) is 14.4. The van der Waals surface area contributed by atoms with E-state index in [0.717, 1.165) is 10.8 Å². The molecule has 1 aromatic heterocycles. The molecule has 11 nitrogen and oxygen atoms in total. The highest BCUT2D eigenvalue weighted by Gasteiger charge is 2.44. The van der Waals surface area contributed by atoms with E-state index in [1.54, 1.807) is 29.3 Å². The highest BCUT2D eigenvalue weighted by molar-refractivity contribution is 5.94. The molecule has 3 atom stereocenters. The summed E-state index contributed by atoms with van der Waals surface area (Å²) in [6, 6.07) is 18.7.